The highest BCUT2D eigenvalue weighted by Gasteiger charge is 2.10. The molecule has 3 rings (SSSR count). The first-order valence-corrected chi connectivity index (χ1v) is 5.85. The van der Waals surface area contributed by atoms with E-state index in [9.17, 15) is 0 Å². The number of nitrogens with one attached hydrogen (secondary N) is 1. The van der Waals surface area contributed by atoms with E-state index in [1.54, 1.807) is 10.6 Å². The summed E-state index contributed by atoms with van der Waals surface area (Å²) in [6.45, 7) is 1.83. The molecular formula is C8H6ClN7S. The van der Waals surface area contributed by atoms with Crippen LogP contribution in [0.5, 0.6) is 0 Å². The molecule has 0 fully saturated rings. The molecule has 86 valence electrons. The molecule has 3 aromatic rings. The number of aromatic nitrogens is 7. The van der Waals surface area contributed by atoms with Gasteiger partial charge in [-0.05, 0) is 18.7 Å². The van der Waals surface area contributed by atoms with Gasteiger partial charge in [0.05, 0.1) is 0 Å². The van der Waals surface area contributed by atoms with Crippen LogP contribution in [-0.2, 0) is 0 Å². The van der Waals surface area contributed by atoms with Crippen LogP contribution in [0.3, 0.4) is 0 Å². The van der Waals surface area contributed by atoms with Crippen LogP contribution in [0.15, 0.2) is 22.6 Å². The average molecular weight is 268 g/mol. The molecule has 0 aliphatic carbocycles. The molecule has 3 heterocycles. The molecule has 0 aliphatic rings. The van der Waals surface area contributed by atoms with Crippen LogP contribution in [-0.4, -0.2) is 34.8 Å². The summed E-state index contributed by atoms with van der Waals surface area (Å²) in [5.74, 6) is 1.20. The van der Waals surface area contributed by atoms with Gasteiger partial charge in [-0.1, -0.05) is 11.6 Å². The van der Waals surface area contributed by atoms with Crippen molar-refractivity contribution in [3.8, 4) is 0 Å². The number of hydrogen-bond acceptors (Lipinski definition) is 6. The first kappa shape index (κ1) is 10.5. The lowest BCUT2D eigenvalue weighted by molar-refractivity contribution is 0.837. The Balaban J connectivity index is 2.07. The molecule has 0 atom stereocenters. The van der Waals surface area contributed by atoms with E-state index in [1.807, 2.05) is 6.92 Å². The molecule has 3 aromatic heterocycles. The summed E-state index contributed by atoms with van der Waals surface area (Å²) < 4.78 is 1.59. The lowest BCUT2D eigenvalue weighted by Gasteiger charge is -2.00. The van der Waals surface area contributed by atoms with Crippen LogP contribution in [0.4, 0.5) is 0 Å². The summed E-state index contributed by atoms with van der Waals surface area (Å²) >= 11 is 7.24. The summed E-state index contributed by atoms with van der Waals surface area (Å²) in [6, 6.07) is 1.69. The van der Waals surface area contributed by atoms with Gasteiger partial charge in [-0.25, -0.2) is 4.98 Å². The van der Waals surface area contributed by atoms with Crippen LogP contribution >= 0.6 is 23.4 Å². The summed E-state index contributed by atoms with van der Waals surface area (Å²) in [6.07, 6.45) is 1.42. The maximum Gasteiger partial charge on any atom is 0.254 e. The maximum atomic E-state index is 5.90. The third-order valence-corrected chi connectivity index (χ3v) is 3.02. The average Bonchev–Trinajstić information content (AvgIpc) is 2.87. The van der Waals surface area contributed by atoms with E-state index < -0.39 is 0 Å². The first-order valence-electron chi connectivity index (χ1n) is 4.65. The van der Waals surface area contributed by atoms with Crippen molar-refractivity contribution in [2.75, 3.05) is 0 Å². The molecule has 1 N–H and O–H groups in total. The number of nitrogens with zero attached hydrogens (tertiary/aromatic N) is 6. The lowest BCUT2D eigenvalue weighted by atomic mass is 10.7. The van der Waals surface area contributed by atoms with Crippen LogP contribution in [0, 0.1) is 6.92 Å². The van der Waals surface area contributed by atoms with Crippen molar-refractivity contribution in [1.29, 1.82) is 0 Å². The van der Waals surface area contributed by atoms with Crippen molar-refractivity contribution in [2.24, 2.45) is 0 Å². The number of hydrogen-bond donors (Lipinski definition) is 1. The van der Waals surface area contributed by atoms with E-state index in [0.717, 1.165) is 10.9 Å². The molecule has 0 unspecified atom stereocenters. The zero-order chi connectivity index (χ0) is 11.8. The first-order chi connectivity index (χ1) is 8.22. The van der Waals surface area contributed by atoms with Crippen LogP contribution in [0.1, 0.15) is 5.82 Å². The largest absolute Gasteiger partial charge is 0.262 e. The van der Waals surface area contributed by atoms with Crippen molar-refractivity contribution >= 4 is 29.1 Å². The molecule has 0 radical (unpaired) electrons. The molecule has 0 aromatic carbocycles. The number of aryl methyl sites for hydroxylation is 1. The summed E-state index contributed by atoms with van der Waals surface area (Å²) in [5.41, 5.74) is 0. The van der Waals surface area contributed by atoms with Crippen molar-refractivity contribution in [3.05, 3.63) is 23.4 Å². The molecule has 0 amide bonds. The van der Waals surface area contributed by atoms with Gasteiger partial charge >= 0.3 is 0 Å². The van der Waals surface area contributed by atoms with Gasteiger partial charge in [0.15, 0.2) is 0 Å². The van der Waals surface area contributed by atoms with Crippen molar-refractivity contribution in [3.63, 3.8) is 0 Å². The second-order valence-corrected chi connectivity index (χ2v) is 4.57. The fraction of sp³-hybridized carbons (Fsp3) is 0.125. The number of rotatable bonds is 2. The second-order valence-electron chi connectivity index (χ2n) is 3.19. The van der Waals surface area contributed by atoms with E-state index in [1.165, 1.54) is 18.1 Å². The van der Waals surface area contributed by atoms with Gasteiger partial charge in [0.1, 0.15) is 22.3 Å². The van der Waals surface area contributed by atoms with Crippen LogP contribution in [0.25, 0.3) is 5.78 Å². The Hall–Kier alpha value is -1.67. The van der Waals surface area contributed by atoms with Gasteiger partial charge in [0, 0.05) is 6.07 Å². The van der Waals surface area contributed by atoms with Gasteiger partial charge < -0.3 is 0 Å². The Bertz CT molecular complexity index is 675. The Morgan fingerprint density at radius 1 is 1.41 bits per heavy atom. The predicted octanol–water partition coefficient (Wildman–Crippen LogP) is 1.36. The van der Waals surface area contributed by atoms with Crippen molar-refractivity contribution in [1.82, 2.24) is 34.8 Å². The highest BCUT2D eigenvalue weighted by molar-refractivity contribution is 7.99. The van der Waals surface area contributed by atoms with E-state index >= 15 is 0 Å². The summed E-state index contributed by atoms with van der Waals surface area (Å²) in [7, 11) is 0. The van der Waals surface area contributed by atoms with Gasteiger partial charge in [-0.2, -0.15) is 19.6 Å². The highest BCUT2D eigenvalue weighted by atomic mass is 35.5. The highest BCUT2D eigenvalue weighted by Crippen LogP contribution is 2.25. The van der Waals surface area contributed by atoms with E-state index in [-0.39, 0.29) is 0 Å². The molecule has 0 saturated carbocycles. The molecule has 0 aliphatic heterocycles. The normalized spacial score (nSPS) is 11.2. The third kappa shape index (κ3) is 1.96. The summed E-state index contributed by atoms with van der Waals surface area (Å²) in [5, 5.41) is 12.6. The Kier molecular flexibility index (Phi) is 2.45. The van der Waals surface area contributed by atoms with Crippen LogP contribution < -0.4 is 0 Å². The Morgan fingerprint density at radius 2 is 2.29 bits per heavy atom. The molecule has 17 heavy (non-hydrogen) atoms. The summed E-state index contributed by atoms with van der Waals surface area (Å²) in [4.78, 5) is 12.2. The number of fused-ring (bicyclic) bond motifs is 1. The number of H-pyrrole nitrogens is 1. The molecule has 0 saturated heterocycles. The Morgan fingerprint density at radius 3 is 3.06 bits per heavy atom. The zero-order valence-corrected chi connectivity index (χ0v) is 10.2. The monoisotopic (exact) mass is 267 g/mol. The molecular weight excluding hydrogens is 262 g/mol. The molecule has 9 heteroatoms. The van der Waals surface area contributed by atoms with E-state index in [4.69, 9.17) is 11.6 Å². The minimum Gasteiger partial charge on any atom is -0.262 e. The predicted molar refractivity (Wildman–Crippen MR) is 61.0 cm³/mol. The molecule has 0 spiro atoms. The minimum atomic E-state index is 0.361. The van der Waals surface area contributed by atoms with Gasteiger partial charge in [0.2, 0.25) is 5.16 Å². The van der Waals surface area contributed by atoms with Crippen LogP contribution in [0.2, 0.25) is 5.15 Å². The van der Waals surface area contributed by atoms with Gasteiger partial charge in [-0.3, -0.25) is 5.10 Å². The van der Waals surface area contributed by atoms with E-state index in [0.29, 0.717) is 16.1 Å². The van der Waals surface area contributed by atoms with Gasteiger partial charge in [-0.15, -0.1) is 5.10 Å². The maximum absolute atomic E-state index is 5.90. The number of aromatic amines is 1. The quantitative estimate of drug-likeness (QED) is 0.706. The van der Waals surface area contributed by atoms with E-state index in [2.05, 4.69) is 30.2 Å². The topological polar surface area (TPSA) is 84.7 Å². The zero-order valence-electron chi connectivity index (χ0n) is 8.62. The van der Waals surface area contributed by atoms with Gasteiger partial charge in [0.25, 0.3) is 5.78 Å². The molecule has 0 bridgehead atoms. The standard InChI is InChI=1S/C8H6ClN7S/c1-4-12-8(15-14-4)17-6-2-5(9)13-7-10-3-11-16(6)7/h2-3H,1H3,(H,12,14,15). The fourth-order valence-electron chi connectivity index (χ4n) is 1.29. The minimum absolute atomic E-state index is 0.361. The lowest BCUT2D eigenvalue weighted by Crippen LogP contribution is -1.95. The Labute approximate surface area is 105 Å². The van der Waals surface area contributed by atoms with Crippen molar-refractivity contribution in [2.45, 2.75) is 17.1 Å². The smallest absolute Gasteiger partial charge is 0.254 e. The molecule has 7 nitrogen and oxygen atoms in total. The number of halogens is 1. The van der Waals surface area contributed by atoms with Crippen molar-refractivity contribution < 1.29 is 0 Å². The third-order valence-electron chi connectivity index (χ3n) is 1.96. The fourth-order valence-corrected chi connectivity index (χ4v) is 2.38. The second kappa shape index (κ2) is 3.97. The SMILES string of the molecule is Cc1nc(Sc2cc(Cl)nc3ncnn23)n[nH]1.